The third-order valence-corrected chi connectivity index (χ3v) is 5.17. The van der Waals surface area contributed by atoms with Crippen molar-refractivity contribution >= 4 is 38.5 Å². The molecule has 0 saturated heterocycles. The van der Waals surface area contributed by atoms with Crippen molar-refractivity contribution < 1.29 is 17.9 Å². The average molecular weight is 408 g/mol. The number of aromatic nitrogens is 2. The van der Waals surface area contributed by atoms with Crippen LogP contribution in [0.3, 0.4) is 0 Å². The lowest BCUT2D eigenvalue weighted by atomic mass is 10.2. The number of ether oxygens (including phenoxy) is 1. The largest absolute Gasteiger partial charge is 0.451 e. The maximum Gasteiger partial charge on any atom is 0.338 e. The van der Waals surface area contributed by atoms with Crippen molar-refractivity contribution in [3.8, 4) is 0 Å². The molecule has 1 heterocycles. The van der Waals surface area contributed by atoms with Gasteiger partial charge >= 0.3 is 5.97 Å². The van der Waals surface area contributed by atoms with Gasteiger partial charge in [-0.05, 0) is 37.3 Å². The van der Waals surface area contributed by atoms with E-state index in [2.05, 4.69) is 9.97 Å². The Kier molecular flexibility index (Phi) is 5.01. The first-order chi connectivity index (χ1) is 12.7. The first-order valence-corrected chi connectivity index (χ1v) is 9.61. The number of nitrogens with one attached hydrogen (secondary N) is 1. The van der Waals surface area contributed by atoms with E-state index in [0.29, 0.717) is 10.9 Å². The van der Waals surface area contributed by atoms with E-state index in [9.17, 15) is 18.0 Å². The number of para-hydroxylation sites is 1. The monoisotopic (exact) mass is 407 g/mol. The average Bonchev–Trinajstić information content (AvgIpc) is 2.61. The molecule has 3 N–H and O–H groups in total. The van der Waals surface area contributed by atoms with E-state index in [-0.39, 0.29) is 26.9 Å². The number of sulfonamides is 1. The smallest absolute Gasteiger partial charge is 0.338 e. The van der Waals surface area contributed by atoms with Crippen LogP contribution < -0.4 is 10.7 Å². The van der Waals surface area contributed by atoms with Crippen LogP contribution in [0.25, 0.3) is 10.9 Å². The third kappa shape index (κ3) is 4.00. The Morgan fingerprint density at radius 3 is 2.67 bits per heavy atom. The van der Waals surface area contributed by atoms with E-state index < -0.39 is 22.1 Å². The summed E-state index contributed by atoms with van der Waals surface area (Å²) in [5.41, 5.74) is 0.0436. The van der Waals surface area contributed by atoms with Crippen molar-refractivity contribution in [2.45, 2.75) is 17.9 Å². The number of rotatable bonds is 4. The third-order valence-electron chi connectivity index (χ3n) is 3.77. The van der Waals surface area contributed by atoms with Gasteiger partial charge in [0.2, 0.25) is 10.0 Å². The van der Waals surface area contributed by atoms with Crippen molar-refractivity contribution in [3.05, 3.63) is 69.2 Å². The lowest BCUT2D eigenvalue weighted by Gasteiger charge is -2.13. The van der Waals surface area contributed by atoms with Gasteiger partial charge in [-0.15, -0.1) is 0 Å². The molecule has 0 aliphatic rings. The fourth-order valence-electron chi connectivity index (χ4n) is 2.43. The van der Waals surface area contributed by atoms with E-state index in [1.165, 1.54) is 19.1 Å². The van der Waals surface area contributed by atoms with Crippen LogP contribution in [0.5, 0.6) is 0 Å². The van der Waals surface area contributed by atoms with Crippen LogP contribution in [0.4, 0.5) is 0 Å². The first-order valence-electron chi connectivity index (χ1n) is 7.69. The number of halogens is 1. The van der Waals surface area contributed by atoms with Crippen molar-refractivity contribution in [1.82, 2.24) is 9.97 Å². The molecule has 10 heteroatoms. The quantitative estimate of drug-likeness (QED) is 0.636. The number of carbonyl (C=O) groups excluding carboxylic acids is 1. The Bertz CT molecular complexity index is 1210. The summed E-state index contributed by atoms with van der Waals surface area (Å²) in [6.45, 7) is 1.53. The molecule has 0 spiro atoms. The molecule has 0 fully saturated rings. The van der Waals surface area contributed by atoms with Crippen molar-refractivity contribution in [1.29, 1.82) is 0 Å². The Labute approximate surface area is 159 Å². The van der Waals surface area contributed by atoms with Crippen LogP contribution in [0.15, 0.2) is 52.2 Å². The zero-order chi connectivity index (χ0) is 19.8. The Hall–Kier alpha value is -2.75. The number of fused-ring (bicyclic) bond motifs is 1. The molecule has 27 heavy (non-hydrogen) atoms. The predicted molar refractivity (Wildman–Crippen MR) is 99.0 cm³/mol. The SMILES string of the molecule is C[C@@H](OC(=O)c1ccc(Cl)c(S(N)(=O)=O)c1)c1nc2ccccc2c(=O)[nH]1. The summed E-state index contributed by atoms with van der Waals surface area (Å²) in [4.78, 5) is 30.9. The molecule has 3 aromatic rings. The Morgan fingerprint density at radius 2 is 1.96 bits per heavy atom. The normalized spacial score (nSPS) is 12.7. The molecule has 2 aromatic carbocycles. The number of aromatic amines is 1. The van der Waals surface area contributed by atoms with E-state index in [0.717, 1.165) is 6.07 Å². The van der Waals surface area contributed by atoms with Crippen LogP contribution in [-0.4, -0.2) is 24.4 Å². The second-order valence-corrected chi connectivity index (χ2v) is 7.64. The van der Waals surface area contributed by atoms with Gasteiger partial charge in [0.05, 0.1) is 21.5 Å². The van der Waals surface area contributed by atoms with Crippen LogP contribution >= 0.6 is 11.6 Å². The van der Waals surface area contributed by atoms with Crippen LogP contribution in [0, 0.1) is 0 Å². The summed E-state index contributed by atoms with van der Waals surface area (Å²) in [6.07, 6.45) is -0.886. The minimum Gasteiger partial charge on any atom is -0.451 e. The van der Waals surface area contributed by atoms with E-state index in [1.807, 2.05) is 0 Å². The van der Waals surface area contributed by atoms with Gasteiger partial charge in [0.15, 0.2) is 11.9 Å². The molecular formula is C17H14ClN3O5S. The molecule has 0 amide bonds. The lowest BCUT2D eigenvalue weighted by Crippen LogP contribution is -2.18. The van der Waals surface area contributed by atoms with Crippen molar-refractivity contribution in [2.75, 3.05) is 0 Å². The number of esters is 1. The fourth-order valence-corrected chi connectivity index (χ4v) is 3.50. The molecule has 0 radical (unpaired) electrons. The number of carbonyl (C=O) groups is 1. The van der Waals surface area contributed by atoms with Gasteiger partial charge in [-0.2, -0.15) is 0 Å². The number of hydrogen-bond donors (Lipinski definition) is 2. The molecule has 1 atom stereocenters. The maximum absolute atomic E-state index is 12.3. The summed E-state index contributed by atoms with van der Waals surface area (Å²) in [5.74, 6) is -0.660. The standard InChI is InChI=1S/C17H14ClN3O5S/c1-9(15-20-13-5-3-2-4-11(13)16(22)21-15)26-17(23)10-6-7-12(18)14(8-10)27(19,24)25/h2-9H,1H3,(H2,19,24,25)(H,20,21,22)/t9-/m1/s1. The van der Waals surface area contributed by atoms with Crippen LogP contribution in [0.2, 0.25) is 5.02 Å². The lowest BCUT2D eigenvalue weighted by molar-refractivity contribution is 0.0319. The zero-order valence-electron chi connectivity index (χ0n) is 14.0. The summed E-state index contributed by atoms with van der Waals surface area (Å²) in [6, 6.07) is 10.3. The van der Waals surface area contributed by atoms with Gasteiger partial charge in [0, 0.05) is 0 Å². The Morgan fingerprint density at radius 1 is 1.26 bits per heavy atom. The summed E-state index contributed by atoms with van der Waals surface area (Å²) < 4.78 is 28.3. The van der Waals surface area contributed by atoms with Gasteiger partial charge in [0.25, 0.3) is 5.56 Å². The zero-order valence-corrected chi connectivity index (χ0v) is 15.5. The molecule has 3 rings (SSSR count). The Balaban J connectivity index is 1.89. The summed E-state index contributed by atoms with van der Waals surface area (Å²) >= 11 is 5.80. The minimum atomic E-state index is -4.10. The second kappa shape index (κ2) is 7.10. The number of nitrogens with zero attached hydrogens (tertiary/aromatic N) is 1. The maximum atomic E-state index is 12.3. The van der Waals surface area contributed by atoms with Gasteiger partial charge in [0.1, 0.15) is 4.90 Å². The molecule has 0 aliphatic carbocycles. The molecular weight excluding hydrogens is 394 g/mol. The predicted octanol–water partition coefficient (Wildman–Crippen LogP) is 2.14. The highest BCUT2D eigenvalue weighted by Crippen LogP contribution is 2.23. The second-order valence-electron chi connectivity index (χ2n) is 5.71. The van der Waals surface area contributed by atoms with E-state index >= 15 is 0 Å². The van der Waals surface area contributed by atoms with Crippen molar-refractivity contribution in [2.24, 2.45) is 5.14 Å². The number of primary sulfonamides is 1. The highest BCUT2D eigenvalue weighted by molar-refractivity contribution is 7.89. The van der Waals surface area contributed by atoms with E-state index in [1.54, 1.807) is 24.3 Å². The molecule has 8 nitrogen and oxygen atoms in total. The minimum absolute atomic E-state index is 0.0570. The number of H-pyrrole nitrogens is 1. The van der Waals surface area contributed by atoms with Gasteiger partial charge < -0.3 is 9.72 Å². The van der Waals surface area contributed by atoms with Gasteiger partial charge in [-0.25, -0.2) is 23.3 Å². The number of hydrogen-bond acceptors (Lipinski definition) is 6. The highest BCUT2D eigenvalue weighted by atomic mass is 35.5. The molecule has 0 saturated carbocycles. The molecule has 0 aliphatic heterocycles. The first kappa shape index (κ1) is 19.0. The van der Waals surface area contributed by atoms with Gasteiger partial charge in [-0.3, -0.25) is 4.79 Å². The number of nitrogens with two attached hydrogens (primary N) is 1. The fraction of sp³-hybridized carbons (Fsp3) is 0.118. The van der Waals surface area contributed by atoms with Crippen LogP contribution in [0.1, 0.15) is 29.2 Å². The highest BCUT2D eigenvalue weighted by Gasteiger charge is 2.20. The van der Waals surface area contributed by atoms with Crippen molar-refractivity contribution in [3.63, 3.8) is 0 Å². The number of benzene rings is 2. The summed E-state index contributed by atoms with van der Waals surface area (Å²) in [7, 11) is -4.10. The van der Waals surface area contributed by atoms with E-state index in [4.69, 9.17) is 21.5 Å². The summed E-state index contributed by atoms with van der Waals surface area (Å²) in [5, 5.41) is 5.38. The molecule has 0 unspecified atom stereocenters. The van der Waals surface area contributed by atoms with Gasteiger partial charge in [-0.1, -0.05) is 23.7 Å². The molecule has 0 bridgehead atoms. The van der Waals surface area contributed by atoms with Crippen LogP contribution in [-0.2, 0) is 14.8 Å². The molecule has 1 aromatic heterocycles. The topological polar surface area (TPSA) is 132 Å². The molecule has 140 valence electrons.